The Labute approximate surface area is 171 Å². The van der Waals surface area contributed by atoms with E-state index in [0.717, 1.165) is 11.3 Å². The van der Waals surface area contributed by atoms with Crippen molar-refractivity contribution in [1.29, 1.82) is 0 Å². The fraction of sp³-hybridized carbons (Fsp3) is 0.318. The Morgan fingerprint density at radius 1 is 0.897 bits per heavy atom. The molecule has 7 heteroatoms. The highest BCUT2D eigenvalue weighted by atomic mass is 16.2. The summed E-state index contributed by atoms with van der Waals surface area (Å²) in [6.07, 6.45) is 0. The van der Waals surface area contributed by atoms with Crippen LogP contribution in [-0.4, -0.2) is 37.9 Å². The quantitative estimate of drug-likeness (QED) is 0.654. The highest BCUT2D eigenvalue weighted by Crippen LogP contribution is 2.13. The molecule has 1 atom stereocenters. The van der Waals surface area contributed by atoms with Gasteiger partial charge in [0.15, 0.2) is 0 Å². The third-order valence-corrected chi connectivity index (χ3v) is 4.55. The van der Waals surface area contributed by atoms with Gasteiger partial charge in [-0.05, 0) is 42.7 Å². The summed E-state index contributed by atoms with van der Waals surface area (Å²) < 4.78 is 0. The van der Waals surface area contributed by atoms with Crippen molar-refractivity contribution < 1.29 is 14.4 Å². The van der Waals surface area contributed by atoms with Crippen LogP contribution in [0.3, 0.4) is 0 Å². The van der Waals surface area contributed by atoms with Gasteiger partial charge in [-0.25, -0.2) is 0 Å². The largest absolute Gasteiger partial charge is 0.378 e. The number of rotatable bonds is 6. The lowest BCUT2D eigenvalue weighted by molar-refractivity contribution is -0.124. The fourth-order valence-electron chi connectivity index (χ4n) is 2.78. The second kappa shape index (κ2) is 9.73. The second-order valence-electron chi connectivity index (χ2n) is 7.40. The summed E-state index contributed by atoms with van der Waals surface area (Å²) in [5.74, 6) is -1.42. The number of nitrogens with zero attached hydrogens (tertiary/aromatic N) is 1. The third kappa shape index (κ3) is 5.81. The van der Waals surface area contributed by atoms with Crippen LogP contribution in [0, 0.1) is 12.8 Å². The summed E-state index contributed by atoms with van der Waals surface area (Å²) in [6.45, 7) is 5.48. The number of benzene rings is 2. The highest BCUT2D eigenvalue weighted by Gasteiger charge is 2.25. The van der Waals surface area contributed by atoms with Crippen molar-refractivity contribution in [3.63, 3.8) is 0 Å². The van der Waals surface area contributed by atoms with E-state index in [1.54, 1.807) is 30.3 Å². The van der Waals surface area contributed by atoms with Crippen LogP contribution in [0.4, 0.5) is 5.69 Å². The lowest BCUT2D eigenvalue weighted by Gasteiger charge is -2.22. The number of anilines is 1. The number of hydrogen-bond donors (Lipinski definition) is 3. The molecule has 7 nitrogen and oxygen atoms in total. The van der Waals surface area contributed by atoms with E-state index >= 15 is 0 Å². The van der Waals surface area contributed by atoms with E-state index in [4.69, 9.17) is 0 Å². The van der Waals surface area contributed by atoms with Crippen molar-refractivity contribution in [2.45, 2.75) is 26.8 Å². The minimum Gasteiger partial charge on any atom is -0.378 e. The van der Waals surface area contributed by atoms with Gasteiger partial charge in [0.25, 0.3) is 17.7 Å². The summed E-state index contributed by atoms with van der Waals surface area (Å²) in [5.41, 5.74) is 7.45. The van der Waals surface area contributed by atoms with Crippen LogP contribution in [0.15, 0.2) is 48.5 Å². The van der Waals surface area contributed by atoms with E-state index < -0.39 is 17.9 Å². The maximum atomic E-state index is 12.6. The second-order valence-corrected chi connectivity index (χ2v) is 7.40. The molecule has 0 aliphatic heterocycles. The number of amides is 3. The summed E-state index contributed by atoms with van der Waals surface area (Å²) in [7, 11) is 3.76. The number of hydrogen-bond acceptors (Lipinski definition) is 4. The maximum Gasteiger partial charge on any atom is 0.269 e. The van der Waals surface area contributed by atoms with Gasteiger partial charge < -0.3 is 10.2 Å². The molecule has 3 N–H and O–H groups in total. The van der Waals surface area contributed by atoms with Gasteiger partial charge in [-0.15, -0.1) is 0 Å². The number of hydrazine groups is 1. The van der Waals surface area contributed by atoms with Crippen LogP contribution in [0.1, 0.15) is 40.1 Å². The molecule has 3 amide bonds. The average molecular weight is 396 g/mol. The van der Waals surface area contributed by atoms with Crippen molar-refractivity contribution in [3.8, 4) is 0 Å². The van der Waals surface area contributed by atoms with Gasteiger partial charge in [0, 0.05) is 30.9 Å². The minimum atomic E-state index is -0.796. The van der Waals surface area contributed by atoms with Gasteiger partial charge in [-0.2, -0.15) is 0 Å². The molecular formula is C22H28N4O3. The predicted molar refractivity (Wildman–Crippen MR) is 114 cm³/mol. The van der Waals surface area contributed by atoms with Crippen molar-refractivity contribution in [3.05, 3.63) is 65.2 Å². The van der Waals surface area contributed by atoms with E-state index in [9.17, 15) is 14.4 Å². The molecule has 0 heterocycles. The summed E-state index contributed by atoms with van der Waals surface area (Å²) in [6, 6.07) is 13.4. The molecule has 2 aromatic carbocycles. The third-order valence-electron chi connectivity index (χ3n) is 4.55. The molecule has 0 fully saturated rings. The maximum absolute atomic E-state index is 12.6. The molecule has 2 aromatic rings. The van der Waals surface area contributed by atoms with Crippen LogP contribution in [0.5, 0.6) is 0 Å². The van der Waals surface area contributed by atoms with Crippen molar-refractivity contribution in [1.82, 2.24) is 16.2 Å². The monoisotopic (exact) mass is 396 g/mol. The zero-order valence-electron chi connectivity index (χ0n) is 17.4. The molecule has 0 saturated heterocycles. The predicted octanol–water partition coefficient (Wildman–Crippen LogP) is 2.28. The smallest absolute Gasteiger partial charge is 0.269 e. The number of carbonyl (C=O) groups is 3. The molecule has 1 unspecified atom stereocenters. The first kappa shape index (κ1) is 21.9. The van der Waals surface area contributed by atoms with Gasteiger partial charge >= 0.3 is 0 Å². The average Bonchev–Trinajstić information content (AvgIpc) is 2.69. The Kier molecular flexibility index (Phi) is 7.36. The SMILES string of the molecule is Cc1ccccc1C(=O)NC(C(=O)NNC(=O)c1cccc(N(C)C)c1)C(C)C. The first-order valence-corrected chi connectivity index (χ1v) is 9.44. The molecule has 0 spiro atoms. The molecule has 154 valence electrons. The van der Waals surface area contributed by atoms with E-state index in [-0.39, 0.29) is 11.8 Å². The Hall–Kier alpha value is -3.35. The standard InChI is InChI=1S/C22H28N4O3/c1-14(2)19(23-21(28)18-12-7-6-9-15(18)3)22(29)25-24-20(27)16-10-8-11-17(13-16)26(4)5/h6-14,19H,1-5H3,(H,23,28)(H,24,27)(H,25,29). The van der Waals surface area contributed by atoms with Gasteiger partial charge in [0.05, 0.1) is 0 Å². The molecule has 0 aromatic heterocycles. The summed E-state index contributed by atoms with van der Waals surface area (Å²) >= 11 is 0. The Morgan fingerprint density at radius 3 is 2.21 bits per heavy atom. The molecule has 29 heavy (non-hydrogen) atoms. The molecule has 0 saturated carbocycles. The first-order valence-electron chi connectivity index (χ1n) is 9.44. The van der Waals surface area contributed by atoms with Crippen LogP contribution in [-0.2, 0) is 4.79 Å². The van der Waals surface area contributed by atoms with E-state index in [1.807, 2.05) is 58.0 Å². The number of nitrogens with one attached hydrogen (secondary N) is 3. The van der Waals surface area contributed by atoms with Crippen molar-refractivity contribution >= 4 is 23.4 Å². The Bertz CT molecular complexity index is 893. The zero-order chi connectivity index (χ0) is 21.6. The van der Waals surface area contributed by atoms with Crippen molar-refractivity contribution in [2.24, 2.45) is 5.92 Å². The van der Waals surface area contributed by atoms with Gasteiger partial charge in [0.1, 0.15) is 6.04 Å². The lowest BCUT2D eigenvalue weighted by Crippen LogP contribution is -2.54. The molecule has 0 radical (unpaired) electrons. The van der Waals surface area contributed by atoms with E-state index in [0.29, 0.717) is 11.1 Å². The molecule has 2 rings (SSSR count). The van der Waals surface area contributed by atoms with Crippen LogP contribution >= 0.6 is 0 Å². The minimum absolute atomic E-state index is 0.170. The lowest BCUT2D eigenvalue weighted by atomic mass is 10.0. The zero-order valence-corrected chi connectivity index (χ0v) is 17.4. The first-order chi connectivity index (χ1) is 13.7. The summed E-state index contributed by atoms with van der Waals surface area (Å²) in [5, 5.41) is 2.75. The van der Waals surface area contributed by atoms with E-state index in [2.05, 4.69) is 16.2 Å². The topological polar surface area (TPSA) is 90.5 Å². The molecule has 0 bridgehead atoms. The summed E-state index contributed by atoms with van der Waals surface area (Å²) in [4.78, 5) is 39.4. The van der Waals surface area contributed by atoms with Crippen LogP contribution < -0.4 is 21.1 Å². The van der Waals surface area contributed by atoms with Crippen LogP contribution in [0.2, 0.25) is 0 Å². The van der Waals surface area contributed by atoms with Gasteiger partial charge in [-0.3, -0.25) is 25.2 Å². The normalized spacial score (nSPS) is 11.5. The highest BCUT2D eigenvalue weighted by molar-refractivity contribution is 6.00. The van der Waals surface area contributed by atoms with Crippen LogP contribution in [0.25, 0.3) is 0 Å². The van der Waals surface area contributed by atoms with Crippen molar-refractivity contribution in [2.75, 3.05) is 19.0 Å². The number of carbonyl (C=O) groups excluding carboxylic acids is 3. The molecule has 0 aliphatic carbocycles. The Morgan fingerprint density at radius 2 is 1.59 bits per heavy atom. The molecular weight excluding hydrogens is 368 g/mol. The molecule has 0 aliphatic rings. The van der Waals surface area contributed by atoms with E-state index in [1.165, 1.54) is 0 Å². The van der Waals surface area contributed by atoms with Gasteiger partial charge in [0.2, 0.25) is 0 Å². The van der Waals surface area contributed by atoms with Gasteiger partial charge in [-0.1, -0.05) is 38.1 Å². The Balaban J connectivity index is 2.02. The number of aryl methyl sites for hydroxylation is 1. The fourth-order valence-corrected chi connectivity index (χ4v) is 2.78.